The van der Waals surface area contributed by atoms with E-state index >= 15 is 0 Å². The van der Waals surface area contributed by atoms with E-state index in [1.54, 1.807) is 11.1 Å². The summed E-state index contributed by atoms with van der Waals surface area (Å²) in [6.07, 6.45) is 5.01. The van der Waals surface area contributed by atoms with Crippen LogP contribution in [0.5, 0.6) is 0 Å². The van der Waals surface area contributed by atoms with Crippen molar-refractivity contribution in [1.29, 1.82) is 0 Å². The van der Waals surface area contributed by atoms with Gasteiger partial charge in [0.15, 0.2) is 0 Å². The van der Waals surface area contributed by atoms with Crippen molar-refractivity contribution >= 4 is 11.6 Å². The highest BCUT2D eigenvalue weighted by Gasteiger charge is 2.10. The number of aryl methyl sites for hydroxylation is 2. The highest BCUT2D eigenvalue weighted by Crippen LogP contribution is 2.22. The Labute approximate surface area is 96.8 Å². The van der Waals surface area contributed by atoms with Gasteiger partial charge in [0.05, 0.1) is 0 Å². The molecular formula is C13H18ClN. The van der Waals surface area contributed by atoms with Crippen molar-refractivity contribution in [2.24, 2.45) is 0 Å². The van der Waals surface area contributed by atoms with Gasteiger partial charge >= 0.3 is 0 Å². The highest BCUT2D eigenvalue weighted by molar-refractivity contribution is 6.18. The third kappa shape index (κ3) is 2.96. The molecule has 0 saturated heterocycles. The number of halogens is 1. The van der Waals surface area contributed by atoms with Crippen molar-refractivity contribution in [2.75, 3.05) is 19.0 Å². The molecule has 0 radical (unpaired) electrons. The van der Waals surface area contributed by atoms with Gasteiger partial charge in [-0.05, 0) is 48.9 Å². The Balaban J connectivity index is 1.87. The molecular weight excluding hydrogens is 206 g/mol. The summed E-state index contributed by atoms with van der Waals surface area (Å²) in [6, 6.07) is 6.95. The molecule has 0 unspecified atom stereocenters. The fraction of sp³-hybridized carbons (Fsp3) is 0.538. The SMILES string of the molecule is ClCCNCCc1ccc2c(c1)CCC2. The average Bonchev–Trinajstić information content (AvgIpc) is 2.71. The van der Waals surface area contributed by atoms with Gasteiger partial charge in [0, 0.05) is 12.4 Å². The van der Waals surface area contributed by atoms with Gasteiger partial charge in [-0.1, -0.05) is 18.2 Å². The number of hydrogen-bond acceptors (Lipinski definition) is 1. The molecule has 1 aliphatic carbocycles. The molecule has 15 heavy (non-hydrogen) atoms. The number of rotatable bonds is 5. The van der Waals surface area contributed by atoms with Gasteiger partial charge in [-0.15, -0.1) is 11.6 Å². The molecule has 1 nitrogen and oxygen atoms in total. The van der Waals surface area contributed by atoms with Crippen LogP contribution in [0.1, 0.15) is 23.1 Å². The van der Waals surface area contributed by atoms with E-state index in [4.69, 9.17) is 11.6 Å². The van der Waals surface area contributed by atoms with E-state index in [2.05, 4.69) is 23.5 Å². The van der Waals surface area contributed by atoms with Crippen molar-refractivity contribution in [3.8, 4) is 0 Å². The van der Waals surface area contributed by atoms with Crippen molar-refractivity contribution in [3.05, 3.63) is 34.9 Å². The number of hydrogen-bond donors (Lipinski definition) is 1. The maximum Gasteiger partial charge on any atom is 0.0348 e. The van der Waals surface area contributed by atoms with E-state index in [0.29, 0.717) is 5.88 Å². The van der Waals surface area contributed by atoms with Crippen LogP contribution in [0, 0.1) is 0 Å². The summed E-state index contributed by atoms with van der Waals surface area (Å²) in [5, 5.41) is 3.32. The highest BCUT2D eigenvalue weighted by atomic mass is 35.5. The summed E-state index contributed by atoms with van der Waals surface area (Å²) in [5.74, 6) is 0.699. The van der Waals surface area contributed by atoms with Crippen LogP contribution in [0.15, 0.2) is 18.2 Å². The third-order valence-corrected chi connectivity index (χ3v) is 3.21. The third-order valence-electron chi connectivity index (χ3n) is 3.02. The van der Waals surface area contributed by atoms with Gasteiger partial charge in [0.1, 0.15) is 0 Å². The Bertz CT molecular complexity index is 322. The first-order valence-electron chi connectivity index (χ1n) is 5.77. The van der Waals surface area contributed by atoms with Crippen LogP contribution in [0.4, 0.5) is 0 Å². The molecule has 1 N–H and O–H groups in total. The predicted molar refractivity (Wildman–Crippen MR) is 65.8 cm³/mol. The fourth-order valence-electron chi connectivity index (χ4n) is 2.21. The topological polar surface area (TPSA) is 12.0 Å². The van der Waals surface area contributed by atoms with Crippen LogP contribution in [0.3, 0.4) is 0 Å². The maximum atomic E-state index is 5.60. The van der Waals surface area contributed by atoms with Crippen LogP contribution in [-0.4, -0.2) is 19.0 Å². The van der Waals surface area contributed by atoms with Crippen molar-refractivity contribution < 1.29 is 0 Å². The van der Waals surface area contributed by atoms with Gasteiger partial charge < -0.3 is 5.32 Å². The second kappa shape index (κ2) is 5.53. The normalized spacial score (nSPS) is 14.2. The lowest BCUT2D eigenvalue weighted by Gasteiger charge is -2.05. The smallest absolute Gasteiger partial charge is 0.0348 e. The lowest BCUT2D eigenvalue weighted by molar-refractivity contribution is 0.719. The molecule has 0 aliphatic heterocycles. The molecule has 1 aromatic rings. The average molecular weight is 224 g/mol. The fourth-order valence-corrected chi connectivity index (χ4v) is 2.34. The Morgan fingerprint density at radius 1 is 1.13 bits per heavy atom. The molecule has 82 valence electrons. The molecule has 0 fully saturated rings. The zero-order valence-corrected chi connectivity index (χ0v) is 9.82. The van der Waals surface area contributed by atoms with Crippen LogP contribution in [-0.2, 0) is 19.3 Å². The summed E-state index contributed by atoms with van der Waals surface area (Å²) in [6.45, 7) is 1.94. The minimum Gasteiger partial charge on any atom is -0.315 e. The molecule has 0 saturated carbocycles. The van der Waals surface area contributed by atoms with Crippen molar-refractivity contribution in [1.82, 2.24) is 5.32 Å². The number of nitrogens with one attached hydrogen (secondary N) is 1. The largest absolute Gasteiger partial charge is 0.315 e. The minimum absolute atomic E-state index is 0.699. The van der Waals surface area contributed by atoms with Gasteiger partial charge in [-0.3, -0.25) is 0 Å². The molecule has 0 amide bonds. The predicted octanol–water partition coefficient (Wildman–Crippen LogP) is 2.55. The number of benzene rings is 1. The summed E-state index contributed by atoms with van der Waals surface area (Å²) in [7, 11) is 0. The Morgan fingerprint density at radius 3 is 2.87 bits per heavy atom. The van der Waals surface area contributed by atoms with Crippen molar-refractivity contribution in [3.63, 3.8) is 0 Å². The monoisotopic (exact) mass is 223 g/mol. The standard InChI is InChI=1S/C13H18ClN/c14-7-9-15-8-6-11-4-5-12-2-1-3-13(12)10-11/h4-5,10,15H,1-3,6-9H2. The first-order valence-corrected chi connectivity index (χ1v) is 6.31. The molecule has 0 bridgehead atoms. The molecule has 1 aromatic carbocycles. The van der Waals surface area contributed by atoms with E-state index < -0.39 is 0 Å². The maximum absolute atomic E-state index is 5.60. The van der Waals surface area contributed by atoms with Gasteiger partial charge in [-0.2, -0.15) is 0 Å². The molecule has 1 aliphatic rings. The van der Waals surface area contributed by atoms with E-state index in [1.807, 2.05) is 0 Å². The second-order valence-corrected chi connectivity index (χ2v) is 4.52. The van der Waals surface area contributed by atoms with E-state index in [-0.39, 0.29) is 0 Å². The minimum atomic E-state index is 0.699. The summed E-state index contributed by atoms with van der Waals surface area (Å²) in [5.41, 5.74) is 4.59. The van der Waals surface area contributed by atoms with Gasteiger partial charge in [0.2, 0.25) is 0 Å². The van der Waals surface area contributed by atoms with E-state index in [0.717, 1.165) is 19.5 Å². The Hall–Kier alpha value is -0.530. The first kappa shape index (κ1) is 11.0. The lowest BCUT2D eigenvalue weighted by atomic mass is 10.0. The Morgan fingerprint density at radius 2 is 2.00 bits per heavy atom. The molecule has 0 aromatic heterocycles. The quantitative estimate of drug-likeness (QED) is 0.598. The lowest BCUT2D eigenvalue weighted by Crippen LogP contribution is -2.19. The van der Waals surface area contributed by atoms with Crippen molar-refractivity contribution in [2.45, 2.75) is 25.7 Å². The summed E-state index contributed by atoms with van der Waals surface area (Å²) < 4.78 is 0. The van der Waals surface area contributed by atoms with Gasteiger partial charge in [0.25, 0.3) is 0 Å². The first-order chi connectivity index (χ1) is 7.40. The summed E-state index contributed by atoms with van der Waals surface area (Å²) in [4.78, 5) is 0. The van der Waals surface area contributed by atoms with E-state index in [9.17, 15) is 0 Å². The van der Waals surface area contributed by atoms with Gasteiger partial charge in [-0.25, -0.2) is 0 Å². The number of fused-ring (bicyclic) bond motifs is 1. The molecule has 0 heterocycles. The summed E-state index contributed by atoms with van der Waals surface area (Å²) >= 11 is 5.60. The molecule has 2 rings (SSSR count). The van der Waals surface area contributed by atoms with Crippen LogP contribution < -0.4 is 5.32 Å². The zero-order valence-electron chi connectivity index (χ0n) is 9.06. The number of alkyl halides is 1. The van der Waals surface area contributed by atoms with Crippen LogP contribution in [0.25, 0.3) is 0 Å². The molecule has 0 atom stereocenters. The van der Waals surface area contributed by atoms with E-state index in [1.165, 1.54) is 24.8 Å². The second-order valence-electron chi connectivity index (χ2n) is 4.15. The molecule has 2 heteroatoms. The van der Waals surface area contributed by atoms with Crippen LogP contribution in [0.2, 0.25) is 0 Å². The Kier molecular flexibility index (Phi) is 4.04. The van der Waals surface area contributed by atoms with Crippen LogP contribution >= 0.6 is 11.6 Å². The molecule has 0 spiro atoms. The zero-order chi connectivity index (χ0) is 10.5.